The highest BCUT2D eigenvalue weighted by molar-refractivity contribution is 5.93. The van der Waals surface area contributed by atoms with Crippen molar-refractivity contribution in [2.75, 3.05) is 11.9 Å². The molecule has 0 unspecified atom stereocenters. The van der Waals surface area contributed by atoms with E-state index in [1.807, 2.05) is 30.1 Å². The molecule has 0 bridgehead atoms. The van der Waals surface area contributed by atoms with Crippen molar-refractivity contribution in [1.82, 2.24) is 9.55 Å². The van der Waals surface area contributed by atoms with E-state index >= 15 is 0 Å². The summed E-state index contributed by atoms with van der Waals surface area (Å²) in [5.74, 6) is 0.359. The molecule has 0 N–H and O–H groups in total. The van der Waals surface area contributed by atoms with E-state index in [9.17, 15) is 8.78 Å². The number of anilines is 1. The van der Waals surface area contributed by atoms with Gasteiger partial charge in [0.25, 0.3) is 0 Å². The molecular weight excluding hydrogens is 404 g/mol. The third-order valence-electron chi connectivity index (χ3n) is 5.51. The van der Waals surface area contributed by atoms with Crippen LogP contribution in [0.25, 0.3) is 10.9 Å². The van der Waals surface area contributed by atoms with Crippen LogP contribution in [0.2, 0.25) is 0 Å². The van der Waals surface area contributed by atoms with Crippen molar-refractivity contribution < 1.29 is 8.78 Å². The topological polar surface area (TPSA) is 21.1 Å². The van der Waals surface area contributed by atoms with Gasteiger partial charge in [-0.3, -0.25) is 0 Å². The molecule has 4 rings (SSSR count). The molecule has 2 aromatic carbocycles. The van der Waals surface area contributed by atoms with Crippen LogP contribution in [0.1, 0.15) is 22.4 Å². The molecule has 0 saturated carbocycles. The molecule has 0 fully saturated rings. The number of hydrogen-bond acceptors (Lipinski definition) is 2. The number of rotatable bonds is 5. The van der Waals surface area contributed by atoms with Crippen LogP contribution in [-0.4, -0.2) is 16.6 Å². The van der Waals surface area contributed by atoms with Gasteiger partial charge in [-0.2, -0.15) is 0 Å². The molecule has 4 aromatic rings. The van der Waals surface area contributed by atoms with Gasteiger partial charge in [0.1, 0.15) is 11.6 Å². The van der Waals surface area contributed by atoms with Crippen LogP contribution in [0, 0.1) is 25.5 Å². The predicted molar refractivity (Wildman–Crippen MR) is 120 cm³/mol. The predicted octanol–water partition coefficient (Wildman–Crippen LogP) is 6.04. The summed E-state index contributed by atoms with van der Waals surface area (Å²) in [5.41, 5.74) is 4.87. The van der Waals surface area contributed by atoms with Crippen molar-refractivity contribution in [2.24, 2.45) is 0 Å². The van der Waals surface area contributed by atoms with E-state index in [-0.39, 0.29) is 24.0 Å². The Kier molecular flexibility index (Phi) is 6.42. The Balaban J connectivity index is 0.00000256. The molecule has 156 valence electrons. The maximum Gasteiger partial charge on any atom is 0.153 e. The van der Waals surface area contributed by atoms with E-state index in [1.54, 1.807) is 24.4 Å². The van der Waals surface area contributed by atoms with E-state index in [4.69, 9.17) is 0 Å². The Hall–Kier alpha value is -2.92. The molecule has 6 heteroatoms. The van der Waals surface area contributed by atoms with Gasteiger partial charge in [0.2, 0.25) is 0 Å². The number of halogens is 3. The van der Waals surface area contributed by atoms with Crippen LogP contribution in [0.3, 0.4) is 0 Å². The van der Waals surface area contributed by atoms with Crippen LogP contribution < -0.4 is 4.90 Å². The first-order chi connectivity index (χ1) is 14.0. The van der Waals surface area contributed by atoms with Crippen LogP contribution in [0.5, 0.6) is 0 Å². The SMILES string of the molecule is Cc1c(C)n(Cc2ccccc2F)c2c(N(C)Cc3ccc(F)cc3)nccc12.Cl. The fourth-order valence-electron chi connectivity index (χ4n) is 3.79. The Bertz CT molecular complexity index is 1170. The summed E-state index contributed by atoms with van der Waals surface area (Å²) >= 11 is 0. The first kappa shape index (κ1) is 21.8. The number of hydrogen-bond donors (Lipinski definition) is 0. The second-order valence-electron chi connectivity index (χ2n) is 7.40. The van der Waals surface area contributed by atoms with Gasteiger partial charge in [0, 0.05) is 36.4 Å². The van der Waals surface area contributed by atoms with E-state index < -0.39 is 0 Å². The molecule has 2 aromatic heterocycles. The van der Waals surface area contributed by atoms with Crippen LogP contribution in [0.15, 0.2) is 60.8 Å². The largest absolute Gasteiger partial charge is 0.354 e. The molecule has 0 aliphatic heterocycles. The zero-order valence-corrected chi connectivity index (χ0v) is 18.0. The molecule has 0 atom stereocenters. The fourth-order valence-corrected chi connectivity index (χ4v) is 3.79. The average Bonchev–Trinajstić information content (AvgIpc) is 2.96. The summed E-state index contributed by atoms with van der Waals surface area (Å²) < 4.78 is 29.7. The highest BCUT2D eigenvalue weighted by Crippen LogP contribution is 2.32. The maximum atomic E-state index is 14.3. The quantitative estimate of drug-likeness (QED) is 0.387. The molecular formula is C24H24ClF2N3. The Morgan fingerprint density at radius 1 is 0.967 bits per heavy atom. The summed E-state index contributed by atoms with van der Waals surface area (Å²) in [6.07, 6.45) is 1.80. The Labute approximate surface area is 181 Å². The summed E-state index contributed by atoms with van der Waals surface area (Å²) in [6, 6.07) is 15.3. The standard InChI is InChI=1S/C24H23F2N3.ClH/c1-16-17(2)29(15-19-6-4-5-7-22(19)26)23-21(16)12-13-27-24(23)28(3)14-18-8-10-20(25)11-9-18;/h4-13H,14-15H2,1-3H3;1H. The van der Waals surface area contributed by atoms with E-state index in [0.29, 0.717) is 18.7 Å². The zero-order valence-electron chi connectivity index (χ0n) is 17.2. The molecule has 2 heterocycles. The molecule has 0 aliphatic carbocycles. The van der Waals surface area contributed by atoms with E-state index in [0.717, 1.165) is 33.5 Å². The molecule has 0 saturated heterocycles. The number of benzene rings is 2. The van der Waals surface area contributed by atoms with Gasteiger partial charge in [0.05, 0.1) is 12.1 Å². The lowest BCUT2D eigenvalue weighted by Crippen LogP contribution is -2.19. The minimum Gasteiger partial charge on any atom is -0.354 e. The van der Waals surface area contributed by atoms with Crippen molar-refractivity contribution in [2.45, 2.75) is 26.9 Å². The average molecular weight is 428 g/mol. The van der Waals surface area contributed by atoms with Gasteiger partial charge in [0.15, 0.2) is 5.82 Å². The van der Waals surface area contributed by atoms with Gasteiger partial charge >= 0.3 is 0 Å². The minimum absolute atomic E-state index is 0. The second-order valence-corrected chi connectivity index (χ2v) is 7.40. The van der Waals surface area contributed by atoms with Gasteiger partial charge in [-0.05, 0) is 49.2 Å². The van der Waals surface area contributed by atoms with Crippen molar-refractivity contribution in [3.8, 4) is 0 Å². The number of nitrogens with zero attached hydrogens (tertiary/aromatic N) is 3. The highest BCUT2D eigenvalue weighted by Gasteiger charge is 2.18. The van der Waals surface area contributed by atoms with E-state index in [1.165, 1.54) is 18.2 Å². The minimum atomic E-state index is -0.248. The molecule has 3 nitrogen and oxygen atoms in total. The first-order valence-corrected chi connectivity index (χ1v) is 9.59. The number of aromatic nitrogens is 2. The van der Waals surface area contributed by atoms with Crippen molar-refractivity contribution >= 4 is 29.1 Å². The zero-order chi connectivity index (χ0) is 20.5. The summed E-state index contributed by atoms with van der Waals surface area (Å²) in [4.78, 5) is 6.68. The smallest absolute Gasteiger partial charge is 0.153 e. The molecule has 0 amide bonds. The Morgan fingerprint density at radius 3 is 2.37 bits per heavy atom. The van der Waals surface area contributed by atoms with Crippen LogP contribution in [0.4, 0.5) is 14.6 Å². The lowest BCUT2D eigenvalue weighted by atomic mass is 10.2. The van der Waals surface area contributed by atoms with Crippen LogP contribution >= 0.6 is 12.4 Å². The monoisotopic (exact) mass is 427 g/mol. The Morgan fingerprint density at radius 2 is 1.67 bits per heavy atom. The summed E-state index contributed by atoms with van der Waals surface area (Å²) in [6.45, 7) is 5.17. The maximum absolute atomic E-state index is 14.3. The lowest BCUT2D eigenvalue weighted by Gasteiger charge is -2.21. The van der Waals surface area contributed by atoms with Crippen molar-refractivity contribution in [3.63, 3.8) is 0 Å². The third-order valence-corrected chi connectivity index (χ3v) is 5.51. The third kappa shape index (κ3) is 4.03. The number of fused-ring (bicyclic) bond motifs is 1. The highest BCUT2D eigenvalue weighted by atomic mass is 35.5. The van der Waals surface area contributed by atoms with Crippen molar-refractivity contribution in [1.29, 1.82) is 0 Å². The summed E-state index contributed by atoms with van der Waals surface area (Å²) in [7, 11) is 1.97. The molecule has 30 heavy (non-hydrogen) atoms. The summed E-state index contributed by atoms with van der Waals surface area (Å²) in [5, 5.41) is 1.11. The van der Waals surface area contributed by atoms with Gasteiger partial charge in [-0.15, -0.1) is 12.4 Å². The fraction of sp³-hybridized carbons (Fsp3) is 0.208. The second kappa shape index (κ2) is 8.84. The molecule has 0 aliphatic rings. The lowest BCUT2D eigenvalue weighted by molar-refractivity contribution is 0.600. The molecule has 0 spiro atoms. The number of aryl methyl sites for hydroxylation is 1. The number of pyridine rings is 1. The van der Waals surface area contributed by atoms with Gasteiger partial charge in [-0.1, -0.05) is 30.3 Å². The van der Waals surface area contributed by atoms with Crippen LogP contribution in [-0.2, 0) is 13.1 Å². The van der Waals surface area contributed by atoms with E-state index in [2.05, 4.69) is 23.4 Å². The molecule has 0 radical (unpaired) electrons. The van der Waals surface area contributed by atoms with Gasteiger partial charge in [-0.25, -0.2) is 13.8 Å². The van der Waals surface area contributed by atoms with Crippen molar-refractivity contribution in [3.05, 3.63) is 94.8 Å². The van der Waals surface area contributed by atoms with Gasteiger partial charge < -0.3 is 9.47 Å². The first-order valence-electron chi connectivity index (χ1n) is 9.59. The normalized spacial score (nSPS) is 10.8.